The van der Waals surface area contributed by atoms with Crippen LogP contribution in [0.5, 0.6) is 0 Å². The Labute approximate surface area is 200 Å². The lowest BCUT2D eigenvalue weighted by molar-refractivity contribution is -0.131. The molecule has 0 aromatic heterocycles. The van der Waals surface area contributed by atoms with Crippen LogP contribution in [0, 0.1) is 5.92 Å². The van der Waals surface area contributed by atoms with Crippen molar-refractivity contribution in [2.24, 2.45) is 5.92 Å². The first-order valence-electron chi connectivity index (χ1n) is 11.0. The molecule has 0 aliphatic heterocycles. The molecule has 10 nitrogen and oxygen atoms in total. The maximum atomic E-state index is 12.6. The summed E-state index contributed by atoms with van der Waals surface area (Å²) in [5.74, 6) is -1.89. The molecule has 1 atom stereocenters. The minimum atomic E-state index is -0.832. The average Bonchev–Trinajstić information content (AvgIpc) is 2.78. The van der Waals surface area contributed by atoms with Gasteiger partial charge in [-0.15, -0.1) is 0 Å². The number of aldehydes is 1. The molecular formula is C24H35N5O5. The molecule has 0 radical (unpaired) electrons. The predicted octanol–water partition coefficient (Wildman–Crippen LogP) is 0.547. The number of hydrogen-bond donors (Lipinski definition) is 3. The number of likely N-dealkylation sites (N-methyl/N-ethyl adjacent to an activating group) is 1. The summed E-state index contributed by atoms with van der Waals surface area (Å²) in [6.07, 6.45) is 2.66. The van der Waals surface area contributed by atoms with E-state index in [2.05, 4.69) is 16.0 Å². The molecule has 0 bridgehead atoms. The van der Waals surface area contributed by atoms with Gasteiger partial charge in [0.2, 0.25) is 23.6 Å². The van der Waals surface area contributed by atoms with Crippen molar-refractivity contribution in [2.75, 3.05) is 39.5 Å². The summed E-state index contributed by atoms with van der Waals surface area (Å²) < 4.78 is 0. The molecule has 10 heteroatoms. The number of nitrogens with zero attached hydrogens (tertiary/aromatic N) is 2. The van der Waals surface area contributed by atoms with Gasteiger partial charge in [-0.2, -0.15) is 0 Å². The van der Waals surface area contributed by atoms with E-state index in [-0.39, 0.29) is 31.3 Å². The van der Waals surface area contributed by atoms with Crippen molar-refractivity contribution in [1.29, 1.82) is 0 Å². The lowest BCUT2D eigenvalue weighted by atomic mass is 10.0. The van der Waals surface area contributed by atoms with E-state index >= 15 is 0 Å². The highest BCUT2D eigenvalue weighted by Crippen LogP contribution is 2.10. The SMILES string of the molecule is CC(C)C(NC(=O)CCN(C)C(=O)/C=C\C=O)C(=O)NCC(=O)Nc1ccc(CN(C)C)cc1. The monoisotopic (exact) mass is 473 g/mol. The van der Waals surface area contributed by atoms with Gasteiger partial charge in [0.1, 0.15) is 12.3 Å². The molecule has 0 saturated carbocycles. The van der Waals surface area contributed by atoms with E-state index < -0.39 is 23.8 Å². The molecule has 4 amide bonds. The molecule has 1 aromatic rings. The molecule has 1 unspecified atom stereocenters. The lowest BCUT2D eigenvalue weighted by Gasteiger charge is -2.22. The molecule has 0 aliphatic carbocycles. The maximum absolute atomic E-state index is 12.6. The van der Waals surface area contributed by atoms with Crippen LogP contribution in [-0.4, -0.2) is 80.0 Å². The molecule has 0 spiro atoms. The minimum Gasteiger partial charge on any atom is -0.345 e. The zero-order chi connectivity index (χ0) is 25.7. The Morgan fingerprint density at radius 1 is 1.00 bits per heavy atom. The first-order valence-corrected chi connectivity index (χ1v) is 11.0. The fourth-order valence-corrected chi connectivity index (χ4v) is 2.95. The predicted molar refractivity (Wildman–Crippen MR) is 130 cm³/mol. The van der Waals surface area contributed by atoms with Gasteiger partial charge in [0.15, 0.2) is 0 Å². The van der Waals surface area contributed by atoms with Gasteiger partial charge in [-0.3, -0.25) is 24.0 Å². The smallest absolute Gasteiger partial charge is 0.246 e. The summed E-state index contributed by atoms with van der Waals surface area (Å²) in [4.78, 5) is 62.4. The van der Waals surface area contributed by atoms with Gasteiger partial charge >= 0.3 is 0 Å². The zero-order valence-electron chi connectivity index (χ0n) is 20.5. The number of nitrogens with one attached hydrogen (secondary N) is 3. The van der Waals surface area contributed by atoms with Gasteiger partial charge < -0.3 is 25.8 Å². The van der Waals surface area contributed by atoms with E-state index in [0.29, 0.717) is 12.0 Å². The fourth-order valence-electron chi connectivity index (χ4n) is 2.95. The number of carbonyl (C=O) groups excluding carboxylic acids is 5. The highest BCUT2D eigenvalue weighted by Gasteiger charge is 2.24. The Kier molecular flexibility index (Phi) is 12.2. The Morgan fingerprint density at radius 2 is 1.65 bits per heavy atom. The number of amides is 4. The highest BCUT2D eigenvalue weighted by atomic mass is 16.2. The summed E-state index contributed by atoms with van der Waals surface area (Å²) >= 11 is 0. The average molecular weight is 474 g/mol. The Balaban J connectivity index is 2.52. The van der Waals surface area contributed by atoms with Crippen LogP contribution in [-0.2, 0) is 30.5 Å². The first kappa shape index (κ1) is 28.5. The van der Waals surface area contributed by atoms with Gasteiger partial charge in [-0.1, -0.05) is 26.0 Å². The number of hydrogen-bond acceptors (Lipinski definition) is 6. The summed E-state index contributed by atoms with van der Waals surface area (Å²) in [5, 5.41) is 7.93. The third kappa shape index (κ3) is 10.9. The largest absolute Gasteiger partial charge is 0.345 e. The van der Waals surface area contributed by atoms with Crippen molar-refractivity contribution in [3.63, 3.8) is 0 Å². The second-order valence-electron chi connectivity index (χ2n) is 8.49. The molecular weight excluding hydrogens is 438 g/mol. The molecule has 0 fully saturated rings. The molecule has 3 N–H and O–H groups in total. The number of anilines is 1. The topological polar surface area (TPSA) is 128 Å². The van der Waals surface area contributed by atoms with Crippen molar-refractivity contribution < 1.29 is 24.0 Å². The van der Waals surface area contributed by atoms with Gasteiger partial charge in [0.25, 0.3) is 0 Å². The normalized spacial score (nSPS) is 11.9. The molecule has 1 aromatic carbocycles. The Morgan fingerprint density at radius 3 is 2.21 bits per heavy atom. The van der Waals surface area contributed by atoms with E-state index in [1.54, 1.807) is 26.0 Å². The fraction of sp³-hybridized carbons (Fsp3) is 0.458. The van der Waals surface area contributed by atoms with E-state index in [9.17, 15) is 24.0 Å². The van der Waals surface area contributed by atoms with Gasteiger partial charge in [0, 0.05) is 38.3 Å². The first-order chi connectivity index (χ1) is 16.0. The number of rotatable bonds is 13. The van der Waals surface area contributed by atoms with Crippen LogP contribution in [0.1, 0.15) is 25.8 Å². The molecule has 0 aliphatic rings. The van der Waals surface area contributed by atoms with Crippen LogP contribution in [0.15, 0.2) is 36.4 Å². The quantitative estimate of drug-likeness (QED) is 0.284. The summed E-state index contributed by atoms with van der Waals surface area (Å²) in [7, 11) is 5.45. The van der Waals surface area contributed by atoms with Crippen LogP contribution < -0.4 is 16.0 Å². The maximum Gasteiger partial charge on any atom is 0.246 e. The zero-order valence-corrected chi connectivity index (χ0v) is 20.5. The molecule has 0 saturated heterocycles. The second kappa shape index (κ2) is 14.6. The van der Waals surface area contributed by atoms with Gasteiger partial charge in [-0.05, 0) is 43.8 Å². The van der Waals surface area contributed by atoms with Crippen molar-refractivity contribution in [3.05, 3.63) is 42.0 Å². The van der Waals surface area contributed by atoms with Crippen LogP contribution in [0.25, 0.3) is 0 Å². The minimum absolute atomic E-state index is 0.0159. The summed E-state index contributed by atoms with van der Waals surface area (Å²) in [5.41, 5.74) is 1.73. The van der Waals surface area contributed by atoms with Crippen molar-refractivity contribution in [2.45, 2.75) is 32.9 Å². The van der Waals surface area contributed by atoms with E-state index in [1.165, 1.54) is 11.9 Å². The Hall–Kier alpha value is -3.53. The molecule has 34 heavy (non-hydrogen) atoms. The number of carbonyl (C=O) groups is 5. The number of benzene rings is 1. The molecule has 1 rings (SSSR count). The van der Waals surface area contributed by atoms with Crippen molar-refractivity contribution >= 4 is 35.6 Å². The van der Waals surface area contributed by atoms with E-state index in [4.69, 9.17) is 0 Å². The van der Waals surface area contributed by atoms with Crippen molar-refractivity contribution in [3.8, 4) is 0 Å². The molecule has 186 valence electrons. The standard InChI is InChI=1S/C24H35N5O5/c1-17(2)23(27-20(31)12-13-29(5)22(33)7-6-14-30)24(34)25-15-21(32)26-19-10-8-18(9-11-19)16-28(3)4/h6-11,14,17,23H,12-13,15-16H2,1-5H3,(H,25,34)(H,26,32)(H,27,31)/b7-6-. The number of allylic oxidation sites excluding steroid dienone is 1. The third-order valence-corrected chi connectivity index (χ3v) is 4.79. The van der Waals surface area contributed by atoms with Crippen LogP contribution in [0.3, 0.4) is 0 Å². The van der Waals surface area contributed by atoms with Crippen LogP contribution in [0.2, 0.25) is 0 Å². The van der Waals surface area contributed by atoms with E-state index in [1.807, 2.05) is 31.1 Å². The van der Waals surface area contributed by atoms with E-state index in [0.717, 1.165) is 24.3 Å². The summed E-state index contributed by atoms with van der Waals surface area (Å²) in [6, 6.07) is 6.60. The molecule has 0 heterocycles. The summed E-state index contributed by atoms with van der Waals surface area (Å²) in [6.45, 7) is 4.23. The second-order valence-corrected chi connectivity index (χ2v) is 8.49. The van der Waals surface area contributed by atoms with Crippen molar-refractivity contribution in [1.82, 2.24) is 20.4 Å². The van der Waals surface area contributed by atoms with Gasteiger partial charge in [-0.25, -0.2) is 0 Å². The lowest BCUT2D eigenvalue weighted by Crippen LogP contribution is -2.51. The van der Waals surface area contributed by atoms with Crippen LogP contribution >= 0.6 is 0 Å². The highest BCUT2D eigenvalue weighted by molar-refractivity contribution is 5.96. The third-order valence-electron chi connectivity index (χ3n) is 4.79. The Bertz CT molecular complexity index is 880. The van der Waals surface area contributed by atoms with Gasteiger partial charge in [0.05, 0.1) is 6.54 Å². The van der Waals surface area contributed by atoms with Crippen LogP contribution in [0.4, 0.5) is 5.69 Å².